The third-order valence-electron chi connectivity index (χ3n) is 3.23. The van der Waals surface area contributed by atoms with Crippen LogP contribution in [0.2, 0.25) is 0 Å². The first kappa shape index (κ1) is 11.2. The van der Waals surface area contributed by atoms with Crippen molar-refractivity contribution < 1.29 is 9.84 Å². The van der Waals surface area contributed by atoms with E-state index in [0.717, 1.165) is 30.6 Å². The molecule has 0 bridgehead atoms. The van der Waals surface area contributed by atoms with E-state index >= 15 is 0 Å². The maximum Gasteiger partial charge on any atom is 0.114 e. The highest BCUT2D eigenvalue weighted by molar-refractivity contribution is 5.32. The van der Waals surface area contributed by atoms with Crippen LogP contribution in [0.1, 0.15) is 31.7 Å². The maximum atomic E-state index is 10.8. The molecule has 0 aliphatic carbocycles. The third kappa shape index (κ3) is 1.98. The Bertz CT molecular complexity index is 370. The lowest BCUT2D eigenvalue weighted by Crippen LogP contribution is -2.29. The Balaban J connectivity index is 2.35. The minimum atomic E-state index is -0.859. The summed E-state index contributed by atoms with van der Waals surface area (Å²) in [6.45, 7) is 2.76. The number of hydrogen-bond acceptors (Lipinski definition) is 2. The standard InChI is InChI=1S/C14H18O2/c1-2-14(15,12-7-4-3-5-8-12)13-9-6-10-16-11-13/h3-5,7-8,11,15H,2,6,9-10H2,1H3. The molecule has 2 nitrogen and oxygen atoms in total. The summed E-state index contributed by atoms with van der Waals surface area (Å²) in [7, 11) is 0. The molecule has 86 valence electrons. The van der Waals surface area contributed by atoms with Crippen LogP contribution in [0.25, 0.3) is 0 Å². The zero-order chi connectivity index (χ0) is 11.4. The molecule has 0 amide bonds. The molecule has 0 radical (unpaired) electrons. The summed E-state index contributed by atoms with van der Waals surface area (Å²) in [6.07, 6.45) is 4.31. The van der Waals surface area contributed by atoms with Gasteiger partial charge in [-0.2, -0.15) is 0 Å². The van der Waals surface area contributed by atoms with E-state index in [0.29, 0.717) is 6.42 Å². The summed E-state index contributed by atoms with van der Waals surface area (Å²) in [5.41, 5.74) is 1.09. The lowest BCUT2D eigenvalue weighted by atomic mass is 9.82. The van der Waals surface area contributed by atoms with Crippen molar-refractivity contribution >= 4 is 0 Å². The molecular formula is C14H18O2. The van der Waals surface area contributed by atoms with Gasteiger partial charge in [0.05, 0.1) is 12.9 Å². The van der Waals surface area contributed by atoms with E-state index in [2.05, 4.69) is 0 Å². The molecule has 1 aromatic carbocycles. The molecule has 0 saturated heterocycles. The minimum absolute atomic E-state index is 0.673. The highest BCUT2D eigenvalue weighted by Crippen LogP contribution is 2.36. The van der Waals surface area contributed by atoms with Crippen molar-refractivity contribution in [3.63, 3.8) is 0 Å². The molecule has 1 unspecified atom stereocenters. The third-order valence-corrected chi connectivity index (χ3v) is 3.23. The number of ether oxygens (including phenoxy) is 1. The Morgan fingerprint density at radius 3 is 2.62 bits per heavy atom. The number of rotatable bonds is 3. The van der Waals surface area contributed by atoms with Gasteiger partial charge in [0.15, 0.2) is 0 Å². The van der Waals surface area contributed by atoms with Gasteiger partial charge in [-0.15, -0.1) is 0 Å². The molecule has 0 spiro atoms. The fourth-order valence-electron chi connectivity index (χ4n) is 2.20. The second-order valence-corrected chi connectivity index (χ2v) is 4.20. The van der Waals surface area contributed by atoms with Crippen molar-refractivity contribution in [2.75, 3.05) is 6.61 Å². The smallest absolute Gasteiger partial charge is 0.114 e. The van der Waals surface area contributed by atoms with Crippen molar-refractivity contribution in [3.05, 3.63) is 47.7 Å². The van der Waals surface area contributed by atoms with Crippen molar-refractivity contribution in [1.82, 2.24) is 0 Å². The molecule has 1 aliphatic rings. The van der Waals surface area contributed by atoms with Gasteiger partial charge in [0.1, 0.15) is 5.60 Å². The van der Waals surface area contributed by atoms with E-state index in [4.69, 9.17) is 4.74 Å². The van der Waals surface area contributed by atoms with Gasteiger partial charge in [0, 0.05) is 5.57 Å². The van der Waals surface area contributed by atoms with Crippen LogP contribution in [0, 0.1) is 0 Å². The van der Waals surface area contributed by atoms with Gasteiger partial charge >= 0.3 is 0 Å². The highest BCUT2D eigenvalue weighted by atomic mass is 16.5. The predicted molar refractivity (Wildman–Crippen MR) is 63.9 cm³/mol. The summed E-state index contributed by atoms with van der Waals surface area (Å²) in [4.78, 5) is 0. The van der Waals surface area contributed by atoms with Crippen LogP contribution in [-0.2, 0) is 10.3 Å². The molecule has 0 aromatic heterocycles. The van der Waals surface area contributed by atoms with Crippen molar-refractivity contribution in [3.8, 4) is 0 Å². The number of aliphatic hydroxyl groups is 1. The normalized spacial score (nSPS) is 19.5. The summed E-state index contributed by atoms with van der Waals surface area (Å²) < 4.78 is 5.33. The van der Waals surface area contributed by atoms with Gasteiger partial charge in [0.2, 0.25) is 0 Å². The van der Waals surface area contributed by atoms with Gasteiger partial charge < -0.3 is 9.84 Å². The van der Waals surface area contributed by atoms with Gasteiger partial charge in [-0.05, 0) is 24.8 Å². The fourth-order valence-corrected chi connectivity index (χ4v) is 2.20. The molecular weight excluding hydrogens is 200 g/mol. The second-order valence-electron chi connectivity index (χ2n) is 4.20. The van der Waals surface area contributed by atoms with E-state index in [1.807, 2.05) is 37.3 Å². The average molecular weight is 218 g/mol. The summed E-state index contributed by atoms with van der Waals surface area (Å²) >= 11 is 0. The van der Waals surface area contributed by atoms with E-state index in [-0.39, 0.29) is 0 Å². The zero-order valence-corrected chi connectivity index (χ0v) is 9.65. The van der Waals surface area contributed by atoms with Crippen LogP contribution in [0.3, 0.4) is 0 Å². The number of hydrogen-bond donors (Lipinski definition) is 1. The van der Waals surface area contributed by atoms with E-state index < -0.39 is 5.60 Å². The average Bonchev–Trinajstić information content (AvgIpc) is 2.40. The molecule has 16 heavy (non-hydrogen) atoms. The Morgan fingerprint density at radius 1 is 1.31 bits per heavy atom. The second kappa shape index (κ2) is 4.71. The van der Waals surface area contributed by atoms with Crippen LogP contribution in [-0.4, -0.2) is 11.7 Å². The number of benzene rings is 1. The molecule has 1 aromatic rings. The lowest BCUT2D eigenvalue weighted by Gasteiger charge is -2.32. The Hall–Kier alpha value is -1.28. The molecule has 1 heterocycles. The molecule has 1 N–H and O–H groups in total. The Labute approximate surface area is 96.6 Å². The molecule has 1 atom stereocenters. The van der Waals surface area contributed by atoms with E-state index in [1.165, 1.54) is 0 Å². The quantitative estimate of drug-likeness (QED) is 0.845. The highest BCUT2D eigenvalue weighted by Gasteiger charge is 2.32. The zero-order valence-electron chi connectivity index (χ0n) is 9.65. The molecule has 2 rings (SSSR count). The van der Waals surface area contributed by atoms with Gasteiger partial charge in [-0.1, -0.05) is 37.3 Å². The van der Waals surface area contributed by atoms with Crippen molar-refractivity contribution in [2.24, 2.45) is 0 Å². The van der Waals surface area contributed by atoms with Crippen molar-refractivity contribution in [1.29, 1.82) is 0 Å². The summed E-state index contributed by atoms with van der Waals surface area (Å²) in [5.74, 6) is 0. The largest absolute Gasteiger partial charge is 0.501 e. The fraction of sp³-hybridized carbons (Fsp3) is 0.429. The summed E-state index contributed by atoms with van der Waals surface area (Å²) in [5, 5.41) is 10.8. The monoisotopic (exact) mass is 218 g/mol. The molecule has 2 heteroatoms. The first-order chi connectivity index (χ1) is 7.77. The van der Waals surface area contributed by atoms with Gasteiger partial charge in [-0.25, -0.2) is 0 Å². The Morgan fingerprint density at radius 2 is 2.06 bits per heavy atom. The van der Waals surface area contributed by atoms with E-state index in [1.54, 1.807) is 6.26 Å². The lowest BCUT2D eigenvalue weighted by molar-refractivity contribution is 0.0558. The van der Waals surface area contributed by atoms with Crippen molar-refractivity contribution in [2.45, 2.75) is 31.8 Å². The van der Waals surface area contributed by atoms with Gasteiger partial charge in [-0.3, -0.25) is 0 Å². The molecule has 1 aliphatic heterocycles. The SMILES string of the molecule is CCC(O)(C1=COCCC1)c1ccccc1. The molecule has 0 fully saturated rings. The topological polar surface area (TPSA) is 29.5 Å². The van der Waals surface area contributed by atoms with Crippen LogP contribution >= 0.6 is 0 Å². The first-order valence-corrected chi connectivity index (χ1v) is 5.86. The van der Waals surface area contributed by atoms with Crippen LogP contribution in [0.4, 0.5) is 0 Å². The van der Waals surface area contributed by atoms with Crippen LogP contribution in [0.15, 0.2) is 42.2 Å². The van der Waals surface area contributed by atoms with Gasteiger partial charge in [0.25, 0.3) is 0 Å². The predicted octanol–water partition coefficient (Wildman–Crippen LogP) is 2.98. The maximum absolute atomic E-state index is 10.8. The summed E-state index contributed by atoms with van der Waals surface area (Å²) in [6, 6.07) is 9.82. The molecule has 0 saturated carbocycles. The van der Waals surface area contributed by atoms with Crippen LogP contribution in [0.5, 0.6) is 0 Å². The van der Waals surface area contributed by atoms with E-state index in [9.17, 15) is 5.11 Å². The Kier molecular flexibility index (Phi) is 3.30. The van der Waals surface area contributed by atoms with Crippen LogP contribution < -0.4 is 0 Å². The minimum Gasteiger partial charge on any atom is -0.501 e. The first-order valence-electron chi connectivity index (χ1n) is 5.86.